The number of hydrogen-bond donors (Lipinski definition) is 0. The molecule has 16 heavy (non-hydrogen) atoms. The van der Waals surface area contributed by atoms with Crippen LogP contribution in [0.1, 0.15) is 18.4 Å². The highest BCUT2D eigenvalue weighted by Gasteiger charge is 2.42. The Bertz CT molecular complexity index is 410. The number of halogens is 1. The molecule has 1 aromatic rings. The van der Waals surface area contributed by atoms with Crippen LogP contribution >= 0.6 is 22.6 Å². The van der Waals surface area contributed by atoms with Crippen LogP contribution in [0.4, 0.5) is 0 Å². The highest BCUT2D eigenvalue weighted by molar-refractivity contribution is 14.1. The molecule has 0 saturated carbocycles. The SMILES string of the molecule is CN1CCC2(CC1)COc1cc(I)ccc12. The Morgan fingerprint density at radius 2 is 2.06 bits per heavy atom. The molecule has 3 rings (SSSR count). The van der Waals surface area contributed by atoms with Gasteiger partial charge in [-0.3, -0.25) is 0 Å². The highest BCUT2D eigenvalue weighted by atomic mass is 127. The molecule has 0 bridgehead atoms. The summed E-state index contributed by atoms with van der Waals surface area (Å²) in [6.07, 6.45) is 2.47. The lowest BCUT2D eigenvalue weighted by Gasteiger charge is -2.36. The molecule has 0 unspecified atom stereocenters. The minimum absolute atomic E-state index is 0.312. The molecule has 0 radical (unpaired) electrons. The topological polar surface area (TPSA) is 12.5 Å². The fourth-order valence-corrected chi connectivity index (χ4v) is 3.27. The standard InChI is InChI=1S/C13H16INO/c1-15-6-4-13(5-7-15)9-16-12-8-10(14)2-3-11(12)13/h2-3,8H,4-7,9H2,1H3. The van der Waals surface area contributed by atoms with E-state index in [1.165, 1.54) is 35.1 Å². The van der Waals surface area contributed by atoms with E-state index in [-0.39, 0.29) is 0 Å². The second kappa shape index (κ2) is 3.88. The molecular formula is C13H16INO. The molecule has 0 aromatic heterocycles. The summed E-state index contributed by atoms with van der Waals surface area (Å²) in [7, 11) is 2.21. The van der Waals surface area contributed by atoms with Gasteiger partial charge in [0.1, 0.15) is 5.75 Å². The van der Waals surface area contributed by atoms with Gasteiger partial charge >= 0.3 is 0 Å². The van der Waals surface area contributed by atoms with Gasteiger partial charge in [0.2, 0.25) is 0 Å². The van der Waals surface area contributed by atoms with E-state index >= 15 is 0 Å². The molecule has 1 saturated heterocycles. The number of piperidine rings is 1. The first-order chi connectivity index (χ1) is 7.70. The smallest absolute Gasteiger partial charge is 0.124 e. The van der Waals surface area contributed by atoms with Gasteiger partial charge in [-0.1, -0.05) is 6.07 Å². The molecule has 0 N–H and O–H groups in total. The van der Waals surface area contributed by atoms with Gasteiger partial charge < -0.3 is 9.64 Å². The molecule has 1 spiro atoms. The third-order valence-corrected chi connectivity index (χ3v) is 4.63. The van der Waals surface area contributed by atoms with Gasteiger partial charge in [-0.05, 0) is 67.7 Å². The molecule has 0 aliphatic carbocycles. The van der Waals surface area contributed by atoms with Crippen molar-refractivity contribution in [3.05, 3.63) is 27.3 Å². The Morgan fingerprint density at radius 1 is 1.31 bits per heavy atom. The van der Waals surface area contributed by atoms with Crippen LogP contribution in [-0.2, 0) is 5.41 Å². The van der Waals surface area contributed by atoms with Gasteiger partial charge in [-0.25, -0.2) is 0 Å². The first-order valence-corrected chi connectivity index (χ1v) is 6.89. The van der Waals surface area contributed by atoms with Crippen molar-refractivity contribution in [2.24, 2.45) is 0 Å². The lowest BCUT2D eigenvalue weighted by atomic mass is 9.74. The van der Waals surface area contributed by atoms with Crippen LogP contribution in [0.2, 0.25) is 0 Å². The second-order valence-corrected chi connectivity index (χ2v) is 6.26. The fraction of sp³-hybridized carbons (Fsp3) is 0.538. The van der Waals surface area contributed by atoms with Crippen molar-refractivity contribution in [1.29, 1.82) is 0 Å². The maximum Gasteiger partial charge on any atom is 0.124 e. The Kier molecular flexibility index (Phi) is 2.63. The number of rotatable bonds is 0. The zero-order valence-corrected chi connectivity index (χ0v) is 11.7. The minimum atomic E-state index is 0.312. The Balaban J connectivity index is 1.96. The first-order valence-electron chi connectivity index (χ1n) is 5.81. The van der Waals surface area contributed by atoms with Crippen molar-refractivity contribution < 1.29 is 4.74 Å². The summed E-state index contributed by atoms with van der Waals surface area (Å²) in [4.78, 5) is 2.41. The Morgan fingerprint density at radius 3 is 2.81 bits per heavy atom. The molecule has 3 heteroatoms. The summed E-state index contributed by atoms with van der Waals surface area (Å²) < 4.78 is 7.15. The van der Waals surface area contributed by atoms with Crippen LogP contribution in [0.25, 0.3) is 0 Å². The largest absolute Gasteiger partial charge is 0.492 e. The number of hydrogen-bond acceptors (Lipinski definition) is 2. The average molecular weight is 329 g/mol. The maximum atomic E-state index is 5.88. The molecule has 1 aromatic carbocycles. The van der Waals surface area contributed by atoms with Crippen molar-refractivity contribution in [1.82, 2.24) is 4.90 Å². The van der Waals surface area contributed by atoms with Crippen LogP contribution in [0, 0.1) is 3.57 Å². The molecule has 2 heterocycles. The zero-order chi connectivity index (χ0) is 11.2. The minimum Gasteiger partial charge on any atom is -0.492 e. The fourth-order valence-electron chi connectivity index (χ4n) is 2.81. The predicted octanol–water partition coefficient (Wildman–Crippen LogP) is 2.65. The van der Waals surface area contributed by atoms with Crippen LogP contribution < -0.4 is 4.74 Å². The zero-order valence-electron chi connectivity index (χ0n) is 9.50. The molecule has 0 amide bonds. The van der Waals surface area contributed by atoms with E-state index in [1.54, 1.807) is 0 Å². The van der Waals surface area contributed by atoms with E-state index < -0.39 is 0 Å². The third-order valence-electron chi connectivity index (χ3n) is 3.96. The molecule has 2 aliphatic rings. The quantitative estimate of drug-likeness (QED) is 0.679. The summed E-state index contributed by atoms with van der Waals surface area (Å²) in [6, 6.07) is 6.65. The number of nitrogens with zero attached hydrogens (tertiary/aromatic N) is 1. The lowest BCUT2D eigenvalue weighted by Crippen LogP contribution is -2.41. The van der Waals surface area contributed by atoms with Crippen LogP contribution in [0.5, 0.6) is 5.75 Å². The molecule has 1 fully saturated rings. The highest BCUT2D eigenvalue weighted by Crippen LogP contribution is 2.45. The van der Waals surface area contributed by atoms with Crippen LogP contribution in [-0.4, -0.2) is 31.6 Å². The van der Waals surface area contributed by atoms with E-state index in [1.807, 2.05) is 0 Å². The van der Waals surface area contributed by atoms with E-state index in [9.17, 15) is 0 Å². The van der Waals surface area contributed by atoms with Gasteiger partial charge in [0, 0.05) is 14.5 Å². The molecule has 0 atom stereocenters. The first kappa shape index (κ1) is 10.8. The van der Waals surface area contributed by atoms with Gasteiger partial charge in [-0.15, -0.1) is 0 Å². The molecule has 2 aliphatic heterocycles. The van der Waals surface area contributed by atoms with Gasteiger partial charge in [-0.2, -0.15) is 0 Å². The van der Waals surface area contributed by atoms with E-state index in [0.29, 0.717) is 5.41 Å². The number of benzene rings is 1. The van der Waals surface area contributed by atoms with Crippen molar-refractivity contribution in [3.63, 3.8) is 0 Å². The van der Waals surface area contributed by atoms with Crippen molar-refractivity contribution in [2.45, 2.75) is 18.3 Å². The predicted molar refractivity (Wildman–Crippen MR) is 73.1 cm³/mol. The van der Waals surface area contributed by atoms with E-state index in [4.69, 9.17) is 4.74 Å². The lowest BCUT2D eigenvalue weighted by molar-refractivity contribution is 0.155. The monoisotopic (exact) mass is 329 g/mol. The Hall–Kier alpha value is -0.290. The number of ether oxygens (including phenoxy) is 1. The van der Waals surface area contributed by atoms with Crippen LogP contribution in [0.15, 0.2) is 18.2 Å². The summed E-state index contributed by atoms with van der Waals surface area (Å²) in [5.74, 6) is 1.12. The molecule has 86 valence electrons. The van der Waals surface area contributed by atoms with Gasteiger partial charge in [0.15, 0.2) is 0 Å². The summed E-state index contributed by atoms with van der Waals surface area (Å²) in [5, 5.41) is 0. The van der Waals surface area contributed by atoms with E-state index in [2.05, 4.69) is 52.7 Å². The average Bonchev–Trinajstić information content (AvgIpc) is 2.62. The van der Waals surface area contributed by atoms with Crippen molar-refractivity contribution in [3.8, 4) is 5.75 Å². The van der Waals surface area contributed by atoms with Crippen molar-refractivity contribution >= 4 is 22.6 Å². The summed E-state index contributed by atoms with van der Waals surface area (Å²) in [5.41, 5.74) is 1.76. The number of likely N-dealkylation sites (tertiary alicyclic amines) is 1. The van der Waals surface area contributed by atoms with Gasteiger partial charge in [0.25, 0.3) is 0 Å². The molecular weight excluding hydrogens is 313 g/mol. The summed E-state index contributed by atoms with van der Waals surface area (Å²) in [6.45, 7) is 3.26. The van der Waals surface area contributed by atoms with E-state index in [0.717, 1.165) is 12.4 Å². The maximum absolute atomic E-state index is 5.88. The number of fused-ring (bicyclic) bond motifs is 2. The third kappa shape index (κ3) is 1.64. The Labute approximate surface area is 110 Å². The normalized spacial score (nSPS) is 23.1. The van der Waals surface area contributed by atoms with Crippen LogP contribution in [0.3, 0.4) is 0 Å². The molecule has 2 nitrogen and oxygen atoms in total. The van der Waals surface area contributed by atoms with Crippen molar-refractivity contribution in [2.75, 3.05) is 26.7 Å². The summed E-state index contributed by atoms with van der Waals surface area (Å²) >= 11 is 2.35. The van der Waals surface area contributed by atoms with Gasteiger partial charge in [0.05, 0.1) is 6.61 Å². The second-order valence-electron chi connectivity index (χ2n) is 5.01.